The van der Waals surface area contributed by atoms with Crippen LogP contribution >= 0.6 is 12.6 Å². The Balaban J connectivity index is 1.95. The van der Waals surface area contributed by atoms with Crippen molar-refractivity contribution in [3.8, 4) is 0 Å². The molecular formula is C17H24N6S. The van der Waals surface area contributed by atoms with Crippen LogP contribution in [-0.4, -0.2) is 40.0 Å². The summed E-state index contributed by atoms with van der Waals surface area (Å²) in [6.07, 6.45) is 7.95. The number of nitrogens with two attached hydrogens (primary N) is 1. The zero-order chi connectivity index (χ0) is 17.2. The van der Waals surface area contributed by atoms with Crippen molar-refractivity contribution in [2.24, 2.45) is 10.7 Å². The molecule has 128 valence electrons. The largest absolute Gasteiger partial charge is 0.369 e. The van der Waals surface area contributed by atoms with E-state index >= 15 is 0 Å². The van der Waals surface area contributed by atoms with Crippen molar-refractivity contribution in [2.75, 3.05) is 18.0 Å². The molecule has 7 heteroatoms. The predicted octanol–water partition coefficient (Wildman–Crippen LogP) is 2.94. The first kappa shape index (κ1) is 17.0. The zero-order valence-electron chi connectivity index (χ0n) is 13.9. The Hall–Kier alpha value is -1.86. The summed E-state index contributed by atoms with van der Waals surface area (Å²) in [5, 5.41) is 9.06. The summed E-state index contributed by atoms with van der Waals surface area (Å²) < 4.78 is 0. The molecule has 0 bridgehead atoms. The van der Waals surface area contributed by atoms with Crippen LogP contribution in [0.25, 0.3) is 11.0 Å². The Bertz CT molecular complexity index is 768. The fourth-order valence-electron chi connectivity index (χ4n) is 3.45. The lowest BCUT2D eigenvalue weighted by Crippen LogP contribution is -2.42. The van der Waals surface area contributed by atoms with Crippen molar-refractivity contribution < 1.29 is 0 Å². The first-order valence-corrected chi connectivity index (χ1v) is 8.85. The molecule has 6 nitrogen and oxygen atoms in total. The number of aromatic amines is 1. The van der Waals surface area contributed by atoms with E-state index in [0.29, 0.717) is 0 Å². The Morgan fingerprint density at radius 1 is 1.62 bits per heavy atom. The van der Waals surface area contributed by atoms with E-state index < -0.39 is 0 Å². The van der Waals surface area contributed by atoms with Crippen molar-refractivity contribution in [1.82, 2.24) is 9.97 Å². The summed E-state index contributed by atoms with van der Waals surface area (Å²) in [4.78, 5) is 13.8. The molecule has 0 aliphatic carbocycles. The summed E-state index contributed by atoms with van der Waals surface area (Å²) in [6, 6.07) is 2.00. The second kappa shape index (κ2) is 6.94. The lowest BCUT2D eigenvalue weighted by atomic mass is 9.93. The Labute approximate surface area is 147 Å². The number of hydrogen-bond donors (Lipinski definition) is 4. The number of hydrogen-bond acceptors (Lipinski definition) is 4. The number of anilines is 1. The fourth-order valence-corrected chi connectivity index (χ4v) is 3.57. The number of nitrogens with one attached hydrogen (secondary N) is 2. The minimum Gasteiger partial charge on any atom is -0.369 e. The van der Waals surface area contributed by atoms with Crippen LogP contribution in [0.2, 0.25) is 0 Å². The van der Waals surface area contributed by atoms with Crippen LogP contribution in [0.4, 0.5) is 5.69 Å². The summed E-state index contributed by atoms with van der Waals surface area (Å²) in [5.41, 5.74) is 10.4. The minimum absolute atomic E-state index is 0.126. The number of aromatic nitrogens is 2. The highest BCUT2D eigenvalue weighted by Crippen LogP contribution is 2.34. The van der Waals surface area contributed by atoms with E-state index in [1.165, 1.54) is 12.0 Å². The molecule has 0 spiro atoms. The van der Waals surface area contributed by atoms with Gasteiger partial charge in [-0.1, -0.05) is 19.8 Å². The lowest BCUT2D eigenvalue weighted by Gasteiger charge is -2.26. The van der Waals surface area contributed by atoms with Gasteiger partial charge < -0.3 is 15.6 Å². The second-order valence-electron chi connectivity index (χ2n) is 6.49. The first-order chi connectivity index (χ1) is 11.6. The molecule has 1 aliphatic rings. The van der Waals surface area contributed by atoms with E-state index in [1.54, 1.807) is 12.4 Å². The normalized spacial score (nSPS) is 21.2. The van der Waals surface area contributed by atoms with Crippen molar-refractivity contribution in [1.29, 1.82) is 5.41 Å². The number of amidine groups is 1. The van der Waals surface area contributed by atoms with Crippen LogP contribution in [0.15, 0.2) is 23.5 Å². The molecule has 0 saturated carbocycles. The summed E-state index contributed by atoms with van der Waals surface area (Å²) in [7, 11) is 0. The number of rotatable bonds is 5. The highest BCUT2D eigenvalue weighted by molar-refractivity contribution is 7.94. The summed E-state index contributed by atoms with van der Waals surface area (Å²) >= 11 is 3.97. The molecule has 0 radical (unpaired) electrons. The van der Waals surface area contributed by atoms with Crippen LogP contribution in [0, 0.1) is 5.41 Å². The van der Waals surface area contributed by atoms with Gasteiger partial charge in [0.25, 0.3) is 0 Å². The number of thiol groups is 1. The molecule has 1 aliphatic heterocycles. The maximum atomic E-state index is 8.13. The number of fused-ring (bicyclic) bond motifs is 1. The molecule has 0 amide bonds. The molecule has 3 heterocycles. The third-order valence-corrected chi connectivity index (χ3v) is 4.86. The Morgan fingerprint density at radius 2 is 2.46 bits per heavy atom. The molecule has 4 N–H and O–H groups in total. The van der Waals surface area contributed by atoms with Crippen molar-refractivity contribution >= 4 is 40.7 Å². The lowest BCUT2D eigenvalue weighted by molar-refractivity contribution is 0.419. The first-order valence-electron chi connectivity index (χ1n) is 8.33. The van der Waals surface area contributed by atoms with Crippen LogP contribution in [0.5, 0.6) is 0 Å². The van der Waals surface area contributed by atoms with Gasteiger partial charge in [-0.2, -0.15) is 0 Å². The highest BCUT2D eigenvalue weighted by atomic mass is 32.1. The minimum atomic E-state index is -0.126. The maximum Gasteiger partial charge on any atom is 0.154 e. The molecular weight excluding hydrogens is 320 g/mol. The van der Waals surface area contributed by atoms with Gasteiger partial charge in [0.15, 0.2) is 5.84 Å². The Kier molecular flexibility index (Phi) is 4.91. The number of H-pyrrole nitrogens is 1. The average Bonchev–Trinajstić information content (AvgIpc) is 3.17. The third-order valence-electron chi connectivity index (χ3n) is 4.75. The molecule has 1 fully saturated rings. The van der Waals surface area contributed by atoms with Crippen molar-refractivity contribution in [2.45, 2.75) is 38.1 Å². The predicted molar refractivity (Wildman–Crippen MR) is 104 cm³/mol. The van der Waals surface area contributed by atoms with E-state index in [0.717, 1.165) is 54.6 Å². The van der Waals surface area contributed by atoms with Gasteiger partial charge in [-0.25, -0.2) is 9.98 Å². The number of aliphatic imine (C=N–C) groups is 1. The average molecular weight is 344 g/mol. The van der Waals surface area contributed by atoms with E-state index in [1.807, 2.05) is 6.07 Å². The molecule has 2 aromatic heterocycles. The van der Waals surface area contributed by atoms with Gasteiger partial charge in [-0.15, -0.1) is 12.6 Å². The smallest absolute Gasteiger partial charge is 0.154 e. The summed E-state index contributed by atoms with van der Waals surface area (Å²) in [5.74, 6) is 0.176. The topological polar surface area (TPSA) is 94.1 Å². The van der Waals surface area contributed by atoms with Gasteiger partial charge in [0.05, 0.1) is 16.6 Å². The zero-order valence-corrected chi connectivity index (χ0v) is 14.8. The van der Waals surface area contributed by atoms with Crippen LogP contribution in [-0.2, 0) is 0 Å². The van der Waals surface area contributed by atoms with Crippen LogP contribution in [0.1, 0.15) is 38.2 Å². The molecule has 1 saturated heterocycles. The quantitative estimate of drug-likeness (QED) is 0.381. The van der Waals surface area contributed by atoms with Gasteiger partial charge in [0.2, 0.25) is 0 Å². The van der Waals surface area contributed by atoms with Gasteiger partial charge in [-0.05, 0) is 18.9 Å². The van der Waals surface area contributed by atoms with E-state index in [2.05, 4.69) is 39.4 Å². The van der Waals surface area contributed by atoms with Crippen LogP contribution < -0.4 is 10.6 Å². The van der Waals surface area contributed by atoms with E-state index in [4.69, 9.17) is 11.1 Å². The molecule has 0 aromatic carbocycles. The van der Waals surface area contributed by atoms with E-state index in [-0.39, 0.29) is 11.4 Å². The van der Waals surface area contributed by atoms with Crippen molar-refractivity contribution in [3.05, 3.63) is 24.0 Å². The SMILES string of the molecule is CCCCC1(N)CCN(c2ccnc3[nH]cc(C(=N)/N=C\S)c23)C1. The van der Waals surface area contributed by atoms with E-state index in [9.17, 15) is 0 Å². The summed E-state index contributed by atoms with van der Waals surface area (Å²) in [6.45, 7) is 3.95. The molecule has 3 rings (SSSR count). The Morgan fingerprint density at radius 3 is 3.21 bits per heavy atom. The molecule has 1 atom stereocenters. The number of pyridine rings is 1. The second-order valence-corrected chi connectivity index (χ2v) is 6.72. The number of nitrogens with zero attached hydrogens (tertiary/aromatic N) is 3. The maximum absolute atomic E-state index is 8.13. The van der Waals surface area contributed by atoms with Gasteiger partial charge in [0.1, 0.15) is 5.65 Å². The van der Waals surface area contributed by atoms with Gasteiger partial charge in [0, 0.05) is 36.6 Å². The monoisotopic (exact) mass is 344 g/mol. The molecule has 1 unspecified atom stereocenters. The van der Waals surface area contributed by atoms with Crippen LogP contribution in [0.3, 0.4) is 0 Å². The fraction of sp³-hybridized carbons (Fsp3) is 0.471. The van der Waals surface area contributed by atoms with Crippen molar-refractivity contribution in [3.63, 3.8) is 0 Å². The van der Waals surface area contributed by atoms with Gasteiger partial charge >= 0.3 is 0 Å². The third kappa shape index (κ3) is 3.18. The van der Waals surface area contributed by atoms with Gasteiger partial charge in [-0.3, -0.25) is 5.41 Å². The highest BCUT2D eigenvalue weighted by Gasteiger charge is 2.34. The number of unbranched alkanes of at least 4 members (excludes halogenated alkanes) is 1. The standard InChI is InChI=1S/C17H24N6S/c1-2-3-5-17(19)6-8-23(10-17)13-4-7-20-16-14(13)12(9-21-16)15(18)22-11-24/h4,7,9,11H,2-3,5-6,8,10,19H2,1H3,(H,20,21)(H2,18,22,24). The molecule has 2 aromatic rings. The molecule has 24 heavy (non-hydrogen) atoms.